The molecule has 0 saturated heterocycles. The topological polar surface area (TPSA) is 94.1 Å². The molecule has 7 heteroatoms. The van der Waals surface area contributed by atoms with Gasteiger partial charge in [0, 0.05) is 18.2 Å². The highest BCUT2D eigenvalue weighted by Crippen LogP contribution is 2.30. The quantitative estimate of drug-likeness (QED) is 0.642. The first-order valence-electron chi connectivity index (χ1n) is 5.26. The Hall–Kier alpha value is -1.21. The van der Waals surface area contributed by atoms with Crippen LogP contribution in [0.4, 0.5) is 11.5 Å². The molecule has 6 nitrogen and oxygen atoms in total. The molecule has 3 N–H and O–H groups in total. The molecular formula is C10H15BrN4O2. The minimum absolute atomic E-state index is 0.00205. The maximum absolute atomic E-state index is 10.7. The molecule has 1 aromatic rings. The second-order valence-electron chi connectivity index (χ2n) is 3.74. The lowest BCUT2D eigenvalue weighted by atomic mass is 10.2. The summed E-state index contributed by atoms with van der Waals surface area (Å²) in [5.74, 6) is 0.581. The van der Waals surface area contributed by atoms with E-state index in [4.69, 9.17) is 5.73 Å². The summed E-state index contributed by atoms with van der Waals surface area (Å²) in [6.45, 7) is 4.25. The van der Waals surface area contributed by atoms with Crippen LogP contribution in [0.1, 0.15) is 18.9 Å². The molecule has 0 bridgehead atoms. The minimum atomic E-state index is -0.450. The second-order valence-corrected chi connectivity index (χ2v) is 4.53. The standard InChI is InChI=1S/C10H15BrN4O2/c1-3-7(12)4-13-10-9(11)6(2)8(5-14-10)15(16)17/h5,7H,3-4,12H2,1-2H3,(H,13,14). The normalized spacial score (nSPS) is 12.2. The van der Waals surface area contributed by atoms with Crippen LogP contribution in [0.15, 0.2) is 10.7 Å². The zero-order chi connectivity index (χ0) is 13.0. The molecule has 0 aliphatic heterocycles. The summed E-state index contributed by atoms with van der Waals surface area (Å²) < 4.78 is 0.606. The molecule has 17 heavy (non-hydrogen) atoms. The summed E-state index contributed by atoms with van der Waals surface area (Å²) >= 11 is 3.30. The second kappa shape index (κ2) is 5.92. The highest BCUT2D eigenvalue weighted by Gasteiger charge is 2.17. The predicted octanol–water partition coefficient (Wildman–Crippen LogP) is 2.21. The van der Waals surface area contributed by atoms with Crippen LogP contribution in [-0.2, 0) is 0 Å². The number of nitrogens with one attached hydrogen (secondary N) is 1. The van der Waals surface area contributed by atoms with Crippen molar-refractivity contribution >= 4 is 27.4 Å². The Labute approximate surface area is 108 Å². The van der Waals surface area contributed by atoms with Crippen LogP contribution < -0.4 is 11.1 Å². The molecule has 0 aromatic carbocycles. The van der Waals surface area contributed by atoms with Gasteiger partial charge in [0.05, 0.1) is 9.40 Å². The first kappa shape index (κ1) is 13.9. The Morgan fingerprint density at radius 1 is 1.71 bits per heavy atom. The number of nitro groups is 1. The molecule has 94 valence electrons. The van der Waals surface area contributed by atoms with E-state index in [0.29, 0.717) is 22.4 Å². The fraction of sp³-hybridized carbons (Fsp3) is 0.500. The van der Waals surface area contributed by atoms with Crippen molar-refractivity contribution < 1.29 is 4.92 Å². The monoisotopic (exact) mass is 302 g/mol. The van der Waals surface area contributed by atoms with Crippen molar-refractivity contribution in [2.24, 2.45) is 5.73 Å². The highest BCUT2D eigenvalue weighted by molar-refractivity contribution is 9.10. The van der Waals surface area contributed by atoms with Gasteiger partial charge < -0.3 is 11.1 Å². The van der Waals surface area contributed by atoms with E-state index < -0.39 is 4.92 Å². The molecular weight excluding hydrogens is 288 g/mol. The van der Waals surface area contributed by atoms with Gasteiger partial charge >= 0.3 is 0 Å². The van der Waals surface area contributed by atoms with Gasteiger partial charge in [-0.3, -0.25) is 10.1 Å². The van der Waals surface area contributed by atoms with E-state index in [1.54, 1.807) is 6.92 Å². The summed E-state index contributed by atoms with van der Waals surface area (Å²) in [5, 5.41) is 13.8. The molecule has 1 atom stereocenters. The average molecular weight is 303 g/mol. The molecule has 0 fully saturated rings. The van der Waals surface area contributed by atoms with Crippen LogP contribution in [0.25, 0.3) is 0 Å². The molecule has 1 heterocycles. The van der Waals surface area contributed by atoms with Gasteiger partial charge in [-0.25, -0.2) is 4.98 Å². The first-order valence-corrected chi connectivity index (χ1v) is 6.05. The number of halogens is 1. The van der Waals surface area contributed by atoms with Crippen molar-refractivity contribution in [2.45, 2.75) is 26.3 Å². The fourth-order valence-electron chi connectivity index (χ4n) is 1.25. The van der Waals surface area contributed by atoms with Crippen molar-refractivity contribution in [1.82, 2.24) is 4.98 Å². The summed E-state index contributed by atoms with van der Waals surface area (Å²) in [6.07, 6.45) is 2.11. The number of pyridine rings is 1. The van der Waals surface area contributed by atoms with E-state index in [0.717, 1.165) is 6.42 Å². The van der Waals surface area contributed by atoms with E-state index in [2.05, 4.69) is 26.2 Å². The molecule has 1 unspecified atom stereocenters. The third-order valence-corrected chi connectivity index (χ3v) is 3.46. The average Bonchev–Trinajstić information content (AvgIpc) is 2.30. The zero-order valence-electron chi connectivity index (χ0n) is 9.74. The number of nitrogens with two attached hydrogens (primary N) is 1. The third kappa shape index (κ3) is 3.37. The van der Waals surface area contributed by atoms with Crippen LogP contribution >= 0.6 is 15.9 Å². The molecule has 0 aliphatic rings. The molecule has 1 aromatic heterocycles. The number of aromatic nitrogens is 1. The number of hydrogen-bond donors (Lipinski definition) is 2. The van der Waals surface area contributed by atoms with Gasteiger partial charge in [-0.15, -0.1) is 0 Å². The lowest BCUT2D eigenvalue weighted by Gasteiger charge is -2.12. The van der Waals surface area contributed by atoms with Gasteiger partial charge in [-0.1, -0.05) is 6.92 Å². The zero-order valence-corrected chi connectivity index (χ0v) is 11.3. The highest BCUT2D eigenvalue weighted by atomic mass is 79.9. The molecule has 0 spiro atoms. The van der Waals surface area contributed by atoms with E-state index in [-0.39, 0.29) is 11.7 Å². The Bertz CT molecular complexity index is 425. The van der Waals surface area contributed by atoms with E-state index in [1.165, 1.54) is 6.20 Å². The van der Waals surface area contributed by atoms with Crippen LogP contribution in [0, 0.1) is 17.0 Å². The Balaban J connectivity index is 2.89. The largest absolute Gasteiger partial charge is 0.368 e. The molecule has 0 saturated carbocycles. The predicted molar refractivity (Wildman–Crippen MR) is 70.1 cm³/mol. The number of nitrogens with zero attached hydrogens (tertiary/aromatic N) is 2. The fourth-order valence-corrected chi connectivity index (χ4v) is 1.69. The van der Waals surface area contributed by atoms with E-state index in [1.807, 2.05) is 6.92 Å². The lowest BCUT2D eigenvalue weighted by molar-refractivity contribution is -0.385. The van der Waals surface area contributed by atoms with Crippen molar-refractivity contribution in [3.05, 3.63) is 26.3 Å². The van der Waals surface area contributed by atoms with Crippen LogP contribution in [0.3, 0.4) is 0 Å². The molecule has 0 radical (unpaired) electrons. The molecule has 0 aliphatic carbocycles. The van der Waals surface area contributed by atoms with Crippen molar-refractivity contribution in [1.29, 1.82) is 0 Å². The summed E-state index contributed by atoms with van der Waals surface area (Å²) in [4.78, 5) is 14.3. The van der Waals surface area contributed by atoms with Gasteiger partial charge in [0.1, 0.15) is 12.0 Å². The van der Waals surface area contributed by atoms with Gasteiger partial charge in [-0.2, -0.15) is 0 Å². The minimum Gasteiger partial charge on any atom is -0.368 e. The maximum Gasteiger partial charge on any atom is 0.291 e. The Morgan fingerprint density at radius 3 is 2.88 bits per heavy atom. The molecule has 0 amide bonds. The van der Waals surface area contributed by atoms with Crippen molar-refractivity contribution in [3.8, 4) is 0 Å². The summed E-state index contributed by atoms with van der Waals surface area (Å²) in [5.41, 5.74) is 6.33. The summed E-state index contributed by atoms with van der Waals surface area (Å²) in [6, 6.07) is 0.0409. The first-order chi connectivity index (χ1) is 7.97. The van der Waals surface area contributed by atoms with Crippen LogP contribution in [0.2, 0.25) is 0 Å². The van der Waals surface area contributed by atoms with E-state index >= 15 is 0 Å². The van der Waals surface area contributed by atoms with Crippen LogP contribution in [0.5, 0.6) is 0 Å². The van der Waals surface area contributed by atoms with Crippen molar-refractivity contribution in [3.63, 3.8) is 0 Å². The van der Waals surface area contributed by atoms with Gasteiger partial charge in [0.2, 0.25) is 0 Å². The number of anilines is 1. The lowest BCUT2D eigenvalue weighted by Crippen LogP contribution is -2.28. The molecule has 1 rings (SSSR count). The van der Waals surface area contributed by atoms with Gasteiger partial charge in [-0.05, 0) is 29.3 Å². The van der Waals surface area contributed by atoms with Gasteiger partial charge in [0.25, 0.3) is 5.69 Å². The Kier molecular flexibility index (Phi) is 4.83. The maximum atomic E-state index is 10.7. The van der Waals surface area contributed by atoms with Crippen LogP contribution in [-0.4, -0.2) is 22.5 Å². The number of hydrogen-bond acceptors (Lipinski definition) is 5. The van der Waals surface area contributed by atoms with E-state index in [9.17, 15) is 10.1 Å². The Morgan fingerprint density at radius 2 is 2.35 bits per heavy atom. The third-order valence-electron chi connectivity index (χ3n) is 2.49. The summed E-state index contributed by atoms with van der Waals surface area (Å²) in [7, 11) is 0. The van der Waals surface area contributed by atoms with Gasteiger partial charge in [0.15, 0.2) is 0 Å². The van der Waals surface area contributed by atoms with Crippen molar-refractivity contribution in [2.75, 3.05) is 11.9 Å². The SMILES string of the molecule is CCC(N)CNc1ncc([N+](=O)[O-])c(C)c1Br. The smallest absolute Gasteiger partial charge is 0.291 e. The number of rotatable bonds is 5.